The molecule has 0 aliphatic rings. The second kappa shape index (κ2) is 6.43. The van der Waals surface area contributed by atoms with Crippen LogP contribution in [0, 0.1) is 5.92 Å². The zero-order valence-electron chi connectivity index (χ0n) is 12.2. The van der Waals surface area contributed by atoms with Crippen molar-refractivity contribution in [2.75, 3.05) is 5.43 Å². The van der Waals surface area contributed by atoms with E-state index < -0.39 is 0 Å². The van der Waals surface area contributed by atoms with Gasteiger partial charge in [-0.25, -0.2) is 15.8 Å². The summed E-state index contributed by atoms with van der Waals surface area (Å²) in [6.07, 6.45) is 3.55. The summed E-state index contributed by atoms with van der Waals surface area (Å²) in [7, 11) is 0. The van der Waals surface area contributed by atoms with Gasteiger partial charge in [0.25, 0.3) is 0 Å². The maximum atomic E-state index is 5.51. The molecule has 0 bridgehead atoms. The van der Waals surface area contributed by atoms with Gasteiger partial charge in [-0.1, -0.05) is 26.8 Å². The Morgan fingerprint density at radius 3 is 2.75 bits per heavy atom. The van der Waals surface area contributed by atoms with E-state index in [4.69, 9.17) is 5.84 Å². The minimum absolute atomic E-state index is 0.526. The monoisotopic (exact) mass is 271 g/mol. The molecule has 0 saturated carbocycles. The zero-order chi connectivity index (χ0) is 14.5. The number of rotatable bonds is 5. The van der Waals surface area contributed by atoms with Crippen molar-refractivity contribution >= 4 is 5.82 Å². The fourth-order valence-corrected chi connectivity index (χ4v) is 2.13. The third-order valence-electron chi connectivity index (χ3n) is 3.03. The molecule has 2 heterocycles. The second-order valence-electron chi connectivity index (χ2n) is 5.18. The Kier molecular flexibility index (Phi) is 4.63. The number of hydrogen-bond donors (Lipinski definition) is 2. The molecule has 2 rings (SSSR count). The van der Waals surface area contributed by atoms with E-state index in [9.17, 15) is 0 Å². The molecule has 3 N–H and O–H groups in total. The molecule has 2 aromatic heterocycles. The van der Waals surface area contributed by atoms with Crippen LogP contribution < -0.4 is 11.3 Å². The summed E-state index contributed by atoms with van der Waals surface area (Å²) in [4.78, 5) is 13.5. The maximum absolute atomic E-state index is 5.51. The highest BCUT2D eigenvalue weighted by atomic mass is 15.3. The summed E-state index contributed by atoms with van der Waals surface area (Å²) in [6, 6.07) is 5.87. The van der Waals surface area contributed by atoms with E-state index in [0.29, 0.717) is 17.6 Å². The van der Waals surface area contributed by atoms with Crippen LogP contribution in [0.4, 0.5) is 5.82 Å². The number of nitrogens with one attached hydrogen (secondary N) is 1. The highest BCUT2D eigenvalue weighted by Gasteiger charge is 2.11. The van der Waals surface area contributed by atoms with E-state index in [1.165, 1.54) is 0 Å². The SMILES string of the molecule is CCc1cccnc1-c1nc(CC(C)C)cc(NN)n1. The number of aryl methyl sites for hydroxylation is 1. The van der Waals surface area contributed by atoms with Gasteiger partial charge in [-0.05, 0) is 30.4 Å². The van der Waals surface area contributed by atoms with Crippen LogP contribution in [0.1, 0.15) is 32.0 Å². The molecule has 106 valence electrons. The fourth-order valence-electron chi connectivity index (χ4n) is 2.13. The Morgan fingerprint density at radius 2 is 2.10 bits per heavy atom. The van der Waals surface area contributed by atoms with Crippen LogP contribution in [0.15, 0.2) is 24.4 Å². The molecular weight excluding hydrogens is 250 g/mol. The predicted molar refractivity (Wildman–Crippen MR) is 81.0 cm³/mol. The quantitative estimate of drug-likeness (QED) is 0.645. The molecule has 2 aromatic rings. The molecule has 5 nitrogen and oxygen atoms in total. The molecule has 20 heavy (non-hydrogen) atoms. The first kappa shape index (κ1) is 14.4. The van der Waals surface area contributed by atoms with Crippen LogP contribution in [0.25, 0.3) is 11.5 Å². The second-order valence-corrected chi connectivity index (χ2v) is 5.18. The smallest absolute Gasteiger partial charge is 0.180 e. The molecule has 0 spiro atoms. The van der Waals surface area contributed by atoms with Crippen molar-refractivity contribution in [1.29, 1.82) is 0 Å². The number of nitrogen functional groups attached to an aromatic ring is 1. The van der Waals surface area contributed by atoms with Crippen LogP contribution in [0.5, 0.6) is 0 Å². The molecular formula is C15H21N5. The molecule has 0 saturated heterocycles. The fraction of sp³-hybridized carbons (Fsp3) is 0.400. The molecule has 0 amide bonds. The average molecular weight is 271 g/mol. The minimum Gasteiger partial charge on any atom is -0.308 e. The number of aromatic nitrogens is 3. The van der Waals surface area contributed by atoms with Gasteiger partial charge in [0.05, 0.1) is 0 Å². The lowest BCUT2D eigenvalue weighted by atomic mass is 10.1. The maximum Gasteiger partial charge on any atom is 0.180 e. The average Bonchev–Trinajstić information content (AvgIpc) is 2.46. The first-order valence-electron chi connectivity index (χ1n) is 6.92. The van der Waals surface area contributed by atoms with E-state index in [1.807, 2.05) is 12.1 Å². The van der Waals surface area contributed by atoms with Gasteiger partial charge in [0.15, 0.2) is 5.82 Å². The molecule has 0 aliphatic carbocycles. The Balaban J connectivity index is 2.49. The Morgan fingerprint density at radius 1 is 1.30 bits per heavy atom. The van der Waals surface area contributed by atoms with Crippen LogP contribution >= 0.6 is 0 Å². The number of nitrogens with two attached hydrogens (primary N) is 1. The number of anilines is 1. The van der Waals surface area contributed by atoms with Crippen molar-refractivity contribution in [2.45, 2.75) is 33.6 Å². The number of nitrogens with zero attached hydrogens (tertiary/aromatic N) is 3. The Labute approximate surface area is 119 Å². The largest absolute Gasteiger partial charge is 0.308 e. The van der Waals surface area contributed by atoms with Gasteiger partial charge in [-0.3, -0.25) is 4.98 Å². The van der Waals surface area contributed by atoms with E-state index in [-0.39, 0.29) is 0 Å². The van der Waals surface area contributed by atoms with Gasteiger partial charge in [-0.2, -0.15) is 0 Å². The van der Waals surface area contributed by atoms with Crippen molar-refractivity contribution in [3.05, 3.63) is 35.7 Å². The summed E-state index contributed by atoms with van der Waals surface area (Å²) >= 11 is 0. The molecule has 0 atom stereocenters. The molecule has 0 unspecified atom stereocenters. The number of hydrogen-bond acceptors (Lipinski definition) is 5. The van der Waals surface area contributed by atoms with Crippen LogP contribution in [-0.2, 0) is 12.8 Å². The van der Waals surface area contributed by atoms with Gasteiger partial charge < -0.3 is 5.43 Å². The highest BCUT2D eigenvalue weighted by molar-refractivity contribution is 5.57. The topological polar surface area (TPSA) is 76.7 Å². The predicted octanol–water partition coefficient (Wildman–Crippen LogP) is 2.59. The standard InChI is InChI=1S/C15H21N5/c1-4-11-6-5-7-17-14(11)15-18-12(8-10(2)3)9-13(19-15)20-16/h5-7,9-10H,4,8,16H2,1-3H3,(H,18,19,20). The number of pyridine rings is 1. The van der Waals surface area contributed by atoms with Gasteiger partial charge in [0.2, 0.25) is 0 Å². The lowest BCUT2D eigenvalue weighted by Crippen LogP contribution is -2.12. The molecule has 0 aromatic carbocycles. The van der Waals surface area contributed by atoms with E-state index in [2.05, 4.69) is 47.2 Å². The first-order chi connectivity index (χ1) is 9.63. The zero-order valence-corrected chi connectivity index (χ0v) is 12.2. The summed E-state index contributed by atoms with van der Waals surface area (Å²) in [5, 5.41) is 0. The van der Waals surface area contributed by atoms with Gasteiger partial charge >= 0.3 is 0 Å². The Bertz CT molecular complexity index is 580. The highest BCUT2D eigenvalue weighted by Crippen LogP contribution is 2.21. The molecule has 0 fully saturated rings. The Hall–Kier alpha value is -2.01. The van der Waals surface area contributed by atoms with Crippen LogP contribution in [0.2, 0.25) is 0 Å². The van der Waals surface area contributed by atoms with E-state index >= 15 is 0 Å². The van der Waals surface area contributed by atoms with Gasteiger partial charge in [0, 0.05) is 18.0 Å². The van der Waals surface area contributed by atoms with Crippen LogP contribution in [-0.4, -0.2) is 15.0 Å². The van der Waals surface area contributed by atoms with Crippen molar-refractivity contribution in [1.82, 2.24) is 15.0 Å². The van der Waals surface area contributed by atoms with Crippen molar-refractivity contribution < 1.29 is 0 Å². The van der Waals surface area contributed by atoms with Crippen molar-refractivity contribution in [3.8, 4) is 11.5 Å². The summed E-state index contributed by atoms with van der Waals surface area (Å²) in [6.45, 7) is 6.42. The van der Waals surface area contributed by atoms with Crippen molar-refractivity contribution in [3.63, 3.8) is 0 Å². The lowest BCUT2D eigenvalue weighted by molar-refractivity contribution is 0.634. The van der Waals surface area contributed by atoms with Crippen LogP contribution in [0.3, 0.4) is 0 Å². The van der Waals surface area contributed by atoms with Crippen molar-refractivity contribution in [2.24, 2.45) is 11.8 Å². The van der Waals surface area contributed by atoms with Gasteiger partial charge in [-0.15, -0.1) is 0 Å². The number of hydrazine groups is 1. The molecule has 0 aliphatic heterocycles. The molecule has 0 radical (unpaired) electrons. The third kappa shape index (κ3) is 3.30. The first-order valence-corrected chi connectivity index (χ1v) is 6.92. The third-order valence-corrected chi connectivity index (χ3v) is 3.03. The summed E-state index contributed by atoms with van der Waals surface area (Å²) in [5.41, 5.74) is 5.55. The summed E-state index contributed by atoms with van der Waals surface area (Å²) in [5.74, 6) is 7.29. The van der Waals surface area contributed by atoms with E-state index in [1.54, 1.807) is 6.20 Å². The minimum atomic E-state index is 0.526. The summed E-state index contributed by atoms with van der Waals surface area (Å²) < 4.78 is 0. The van der Waals surface area contributed by atoms with E-state index in [0.717, 1.165) is 29.8 Å². The lowest BCUT2D eigenvalue weighted by Gasteiger charge is -2.10. The molecule has 5 heteroatoms. The normalized spacial score (nSPS) is 10.8. The van der Waals surface area contributed by atoms with Gasteiger partial charge in [0.1, 0.15) is 11.5 Å².